The van der Waals surface area contributed by atoms with Gasteiger partial charge < -0.3 is 5.32 Å². The van der Waals surface area contributed by atoms with Crippen LogP contribution in [0.25, 0.3) is 11.3 Å². The summed E-state index contributed by atoms with van der Waals surface area (Å²) in [6.07, 6.45) is 2.22. The Bertz CT molecular complexity index is 722. The zero-order valence-electron chi connectivity index (χ0n) is 10.6. The van der Waals surface area contributed by atoms with Crippen LogP contribution in [0.5, 0.6) is 0 Å². The lowest BCUT2D eigenvalue weighted by molar-refractivity contribution is 0.602. The van der Waals surface area contributed by atoms with Crippen LogP contribution in [-0.4, -0.2) is 26.2 Å². The Morgan fingerprint density at radius 1 is 1.11 bits per heavy atom. The molecule has 1 N–H and O–H groups in total. The Hall–Kier alpha value is -1.88. The molecule has 0 spiro atoms. The van der Waals surface area contributed by atoms with Crippen LogP contribution in [0.1, 0.15) is 5.56 Å². The summed E-state index contributed by atoms with van der Waals surface area (Å²) in [5.74, 6) is 0.935. The fraction of sp³-hybridized carbons (Fsp3) is 0.214. The number of nitrogens with zero attached hydrogens (tertiary/aromatic N) is 1. The van der Waals surface area contributed by atoms with Gasteiger partial charge in [0.05, 0.1) is 10.6 Å². The number of sulfone groups is 1. The maximum Gasteiger partial charge on any atom is 0.175 e. The van der Waals surface area contributed by atoms with E-state index in [1.54, 1.807) is 24.3 Å². The number of hydrogen-bond donors (Lipinski definition) is 1. The largest absolute Gasteiger partial charge is 0.369 e. The van der Waals surface area contributed by atoms with Crippen molar-refractivity contribution in [3.63, 3.8) is 0 Å². The van der Waals surface area contributed by atoms with Gasteiger partial charge in [-0.15, -0.1) is 0 Å². The molecule has 2 aromatic rings. The van der Waals surface area contributed by atoms with Gasteiger partial charge in [0.2, 0.25) is 0 Å². The average Bonchev–Trinajstić information content (AvgIpc) is 2.85. The van der Waals surface area contributed by atoms with Gasteiger partial charge in [0.15, 0.2) is 9.84 Å². The van der Waals surface area contributed by atoms with E-state index < -0.39 is 9.84 Å². The van der Waals surface area contributed by atoms with Crippen molar-refractivity contribution in [2.45, 2.75) is 11.3 Å². The molecule has 19 heavy (non-hydrogen) atoms. The van der Waals surface area contributed by atoms with E-state index in [0.29, 0.717) is 4.90 Å². The third-order valence-corrected chi connectivity index (χ3v) is 4.37. The molecule has 0 fully saturated rings. The zero-order valence-corrected chi connectivity index (χ0v) is 11.4. The van der Waals surface area contributed by atoms with Gasteiger partial charge >= 0.3 is 0 Å². The average molecular weight is 274 g/mol. The Balaban J connectivity index is 1.99. The SMILES string of the molecule is CS(=O)(=O)c1ccc(-c2ccc3c(n2)NCC3)cc1. The second-order valence-electron chi connectivity index (χ2n) is 4.68. The number of anilines is 1. The summed E-state index contributed by atoms with van der Waals surface area (Å²) in [7, 11) is -3.14. The van der Waals surface area contributed by atoms with Gasteiger partial charge in [-0.25, -0.2) is 13.4 Å². The minimum Gasteiger partial charge on any atom is -0.369 e. The highest BCUT2D eigenvalue weighted by Gasteiger charge is 2.13. The summed E-state index contributed by atoms with van der Waals surface area (Å²) in [6, 6.07) is 10.9. The molecule has 0 amide bonds. The van der Waals surface area contributed by atoms with E-state index in [9.17, 15) is 8.42 Å². The number of pyridine rings is 1. The molecule has 0 unspecified atom stereocenters. The molecule has 98 valence electrons. The Morgan fingerprint density at radius 3 is 2.53 bits per heavy atom. The monoisotopic (exact) mass is 274 g/mol. The lowest BCUT2D eigenvalue weighted by atomic mass is 10.1. The van der Waals surface area contributed by atoms with Crippen molar-refractivity contribution >= 4 is 15.7 Å². The highest BCUT2D eigenvalue weighted by atomic mass is 32.2. The van der Waals surface area contributed by atoms with E-state index >= 15 is 0 Å². The molecule has 3 rings (SSSR count). The van der Waals surface area contributed by atoms with Gasteiger partial charge in [-0.05, 0) is 30.2 Å². The first-order valence-electron chi connectivity index (χ1n) is 6.08. The smallest absolute Gasteiger partial charge is 0.175 e. The molecular weight excluding hydrogens is 260 g/mol. The summed E-state index contributed by atoms with van der Waals surface area (Å²) in [5.41, 5.74) is 3.01. The quantitative estimate of drug-likeness (QED) is 0.911. The maximum absolute atomic E-state index is 11.4. The number of fused-ring (bicyclic) bond motifs is 1. The predicted octanol–water partition coefficient (Wildman–Crippen LogP) is 2.12. The molecule has 5 heteroatoms. The highest BCUT2D eigenvalue weighted by Crippen LogP contribution is 2.25. The first-order chi connectivity index (χ1) is 9.04. The van der Waals surface area contributed by atoms with Crippen molar-refractivity contribution in [1.82, 2.24) is 4.98 Å². The zero-order chi connectivity index (χ0) is 13.5. The summed E-state index contributed by atoms with van der Waals surface area (Å²) >= 11 is 0. The van der Waals surface area contributed by atoms with E-state index in [1.807, 2.05) is 6.07 Å². The second kappa shape index (κ2) is 4.35. The molecule has 1 aliphatic heterocycles. The molecule has 1 aromatic heterocycles. The maximum atomic E-state index is 11.4. The van der Waals surface area contributed by atoms with Crippen molar-refractivity contribution in [1.29, 1.82) is 0 Å². The first kappa shape index (κ1) is 12.2. The van der Waals surface area contributed by atoms with Crippen molar-refractivity contribution < 1.29 is 8.42 Å². The van der Waals surface area contributed by atoms with Crippen LogP contribution in [0, 0.1) is 0 Å². The Kier molecular flexibility index (Phi) is 2.78. The molecule has 0 atom stereocenters. The molecule has 2 heterocycles. The standard InChI is InChI=1S/C14H14N2O2S/c1-19(17,18)12-5-2-10(3-6-12)13-7-4-11-8-9-15-14(11)16-13/h2-7H,8-9H2,1H3,(H,15,16). The molecule has 1 aliphatic rings. The minimum atomic E-state index is -3.14. The number of nitrogens with one attached hydrogen (secondary N) is 1. The van der Waals surface area contributed by atoms with Gasteiger partial charge in [-0.2, -0.15) is 0 Å². The molecule has 4 nitrogen and oxygen atoms in total. The fourth-order valence-electron chi connectivity index (χ4n) is 2.19. The van der Waals surface area contributed by atoms with Gasteiger partial charge in [-0.1, -0.05) is 18.2 Å². The van der Waals surface area contributed by atoms with E-state index in [0.717, 1.165) is 30.0 Å². The summed E-state index contributed by atoms with van der Waals surface area (Å²) in [5, 5.41) is 3.24. The lowest BCUT2D eigenvalue weighted by Crippen LogP contribution is -1.97. The van der Waals surface area contributed by atoms with Crippen molar-refractivity contribution in [2.75, 3.05) is 18.1 Å². The van der Waals surface area contributed by atoms with E-state index in [-0.39, 0.29) is 0 Å². The third kappa shape index (κ3) is 2.33. The van der Waals surface area contributed by atoms with Crippen LogP contribution in [-0.2, 0) is 16.3 Å². The van der Waals surface area contributed by atoms with Crippen LogP contribution in [0.3, 0.4) is 0 Å². The number of benzene rings is 1. The van der Waals surface area contributed by atoms with Gasteiger partial charge in [0.1, 0.15) is 5.82 Å². The molecule has 1 aromatic carbocycles. The number of aromatic nitrogens is 1. The van der Waals surface area contributed by atoms with Crippen molar-refractivity contribution in [3.8, 4) is 11.3 Å². The van der Waals surface area contributed by atoms with Crippen LogP contribution in [0.2, 0.25) is 0 Å². The van der Waals surface area contributed by atoms with Crippen LogP contribution in [0.4, 0.5) is 5.82 Å². The third-order valence-electron chi connectivity index (χ3n) is 3.24. The van der Waals surface area contributed by atoms with Crippen LogP contribution in [0.15, 0.2) is 41.3 Å². The second-order valence-corrected chi connectivity index (χ2v) is 6.69. The van der Waals surface area contributed by atoms with E-state index in [2.05, 4.69) is 16.4 Å². The molecule has 0 radical (unpaired) electrons. The van der Waals surface area contributed by atoms with Gasteiger partial charge in [-0.3, -0.25) is 0 Å². The topological polar surface area (TPSA) is 59.1 Å². The number of hydrogen-bond acceptors (Lipinski definition) is 4. The minimum absolute atomic E-state index is 0.329. The van der Waals surface area contributed by atoms with Crippen molar-refractivity contribution in [3.05, 3.63) is 42.0 Å². The normalized spacial score (nSPS) is 13.9. The van der Waals surface area contributed by atoms with E-state index in [1.165, 1.54) is 11.8 Å². The van der Waals surface area contributed by atoms with Crippen LogP contribution < -0.4 is 5.32 Å². The van der Waals surface area contributed by atoms with E-state index in [4.69, 9.17) is 0 Å². The summed E-state index contributed by atoms with van der Waals surface area (Å²) in [6.45, 7) is 0.929. The molecular formula is C14H14N2O2S. The van der Waals surface area contributed by atoms with Gasteiger partial charge in [0, 0.05) is 18.4 Å². The Morgan fingerprint density at radius 2 is 1.84 bits per heavy atom. The molecule has 0 bridgehead atoms. The highest BCUT2D eigenvalue weighted by molar-refractivity contribution is 7.90. The molecule has 0 saturated carbocycles. The number of rotatable bonds is 2. The molecule has 0 aliphatic carbocycles. The fourth-order valence-corrected chi connectivity index (χ4v) is 2.82. The Labute approximate surface area is 112 Å². The lowest BCUT2D eigenvalue weighted by Gasteiger charge is -2.05. The summed E-state index contributed by atoms with van der Waals surface area (Å²) < 4.78 is 22.8. The first-order valence-corrected chi connectivity index (χ1v) is 7.97. The van der Waals surface area contributed by atoms with Crippen molar-refractivity contribution in [2.24, 2.45) is 0 Å². The predicted molar refractivity (Wildman–Crippen MR) is 75.0 cm³/mol. The summed E-state index contributed by atoms with van der Waals surface area (Å²) in [4.78, 5) is 4.88. The van der Waals surface area contributed by atoms with Gasteiger partial charge in [0.25, 0.3) is 0 Å². The molecule has 0 saturated heterocycles. The van der Waals surface area contributed by atoms with Crippen LogP contribution >= 0.6 is 0 Å².